The van der Waals surface area contributed by atoms with Gasteiger partial charge in [0.2, 0.25) is 0 Å². The Hall–Kier alpha value is -2.37. The van der Waals surface area contributed by atoms with Gasteiger partial charge in [0, 0.05) is 57.9 Å². The van der Waals surface area contributed by atoms with E-state index in [4.69, 9.17) is 4.74 Å². The summed E-state index contributed by atoms with van der Waals surface area (Å²) in [4.78, 5) is 17.3. The van der Waals surface area contributed by atoms with Gasteiger partial charge in [0.05, 0.1) is 0 Å². The van der Waals surface area contributed by atoms with Crippen LogP contribution in [0.5, 0.6) is 0 Å². The number of aryl methyl sites for hydroxylation is 1. The second-order valence-corrected chi connectivity index (χ2v) is 8.67. The van der Waals surface area contributed by atoms with Crippen LogP contribution in [-0.4, -0.2) is 61.8 Å². The van der Waals surface area contributed by atoms with Crippen molar-refractivity contribution in [2.75, 3.05) is 45.9 Å². The molecule has 2 aliphatic rings. The Labute approximate surface area is 180 Å². The maximum absolute atomic E-state index is 12.9. The SMILES string of the molecule is Cc1cccc(CN2CCN(C(=O)NCC3(c4ccccc4)CCOCC3)CC2)c1. The molecule has 2 aliphatic heterocycles. The van der Waals surface area contributed by atoms with E-state index < -0.39 is 0 Å². The van der Waals surface area contributed by atoms with Gasteiger partial charge in [-0.3, -0.25) is 4.90 Å². The maximum atomic E-state index is 12.9. The third kappa shape index (κ3) is 5.02. The fourth-order valence-electron chi connectivity index (χ4n) is 4.66. The Balaban J connectivity index is 1.30. The summed E-state index contributed by atoms with van der Waals surface area (Å²) in [6.45, 7) is 8.64. The van der Waals surface area contributed by atoms with Gasteiger partial charge in [-0.05, 0) is 30.9 Å². The predicted octanol–water partition coefficient (Wildman–Crippen LogP) is 3.57. The Morgan fingerprint density at radius 1 is 1.00 bits per heavy atom. The monoisotopic (exact) mass is 407 g/mol. The van der Waals surface area contributed by atoms with Gasteiger partial charge in [-0.25, -0.2) is 4.79 Å². The smallest absolute Gasteiger partial charge is 0.317 e. The standard InChI is InChI=1S/C25H33N3O2/c1-21-6-5-7-22(18-21)19-27-12-14-28(15-13-27)24(29)26-20-25(10-16-30-17-11-25)23-8-3-2-4-9-23/h2-9,18H,10-17,19-20H2,1H3,(H,26,29). The van der Waals surface area contributed by atoms with Crippen molar-refractivity contribution in [3.63, 3.8) is 0 Å². The first-order valence-electron chi connectivity index (χ1n) is 11.1. The normalized spacial score (nSPS) is 19.4. The van der Waals surface area contributed by atoms with Crippen LogP contribution in [0.4, 0.5) is 4.79 Å². The van der Waals surface area contributed by atoms with E-state index in [1.807, 2.05) is 11.0 Å². The molecule has 2 aromatic rings. The topological polar surface area (TPSA) is 44.8 Å². The summed E-state index contributed by atoms with van der Waals surface area (Å²) in [6, 6.07) is 19.3. The van der Waals surface area contributed by atoms with Gasteiger partial charge in [0.15, 0.2) is 0 Å². The summed E-state index contributed by atoms with van der Waals surface area (Å²) in [5.74, 6) is 0. The number of nitrogens with one attached hydrogen (secondary N) is 1. The predicted molar refractivity (Wildman–Crippen MR) is 120 cm³/mol. The van der Waals surface area contributed by atoms with Crippen LogP contribution in [0.15, 0.2) is 54.6 Å². The first-order valence-corrected chi connectivity index (χ1v) is 11.1. The Bertz CT molecular complexity index is 825. The van der Waals surface area contributed by atoms with E-state index >= 15 is 0 Å². The molecule has 0 saturated carbocycles. The number of amides is 2. The van der Waals surface area contributed by atoms with Crippen LogP contribution in [0.2, 0.25) is 0 Å². The zero-order valence-electron chi connectivity index (χ0n) is 18.0. The van der Waals surface area contributed by atoms with Gasteiger partial charge in [-0.1, -0.05) is 60.2 Å². The molecule has 2 amide bonds. The van der Waals surface area contributed by atoms with Gasteiger partial charge >= 0.3 is 6.03 Å². The van der Waals surface area contributed by atoms with Crippen molar-refractivity contribution < 1.29 is 9.53 Å². The lowest BCUT2D eigenvalue weighted by Crippen LogP contribution is -2.54. The minimum Gasteiger partial charge on any atom is -0.381 e. The van der Waals surface area contributed by atoms with Crippen LogP contribution >= 0.6 is 0 Å². The van der Waals surface area contributed by atoms with E-state index in [2.05, 4.69) is 65.7 Å². The van der Waals surface area contributed by atoms with E-state index in [0.717, 1.165) is 58.8 Å². The largest absolute Gasteiger partial charge is 0.381 e. The van der Waals surface area contributed by atoms with Gasteiger partial charge in [-0.15, -0.1) is 0 Å². The van der Waals surface area contributed by atoms with Gasteiger partial charge in [0.25, 0.3) is 0 Å². The van der Waals surface area contributed by atoms with Crippen LogP contribution in [-0.2, 0) is 16.7 Å². The minimum absolute atomic E-state index is 0.0256. The second-order valence-electron chi connectivity index (χ2n) is 8.67. The molecule has 2 saturated heterocycles. The lowest BCUT2D eigenvalue weighted by atomic mass is 9.74. The van der Waals surface area contributed by atoms with Crippen molar-refractivity contribution in [3.8, 4) is 0 Å². The number of nitrogens with zero attached hydrogens (tertiary/aromatic N) is 2. The first kappa shape index (κ1) is 20.9. The summed E-state index contributed by atoms with van der Waals surface area (Å²) in [5.41, 5.74) is 3.92. The highest BCUT2D eigenvalue weighted by molar-refractivity contribution is 5.74. The molecule has 5 heteroatoms. The number of hydrogen-bond donors (Lipinski definition) is 1. The number of ether oxygens (including phenoxy) is 1. The summed E-state index contributed by atoms with van der Waals surface area (Å²) >= 11 is 0. The van der Waals surface area contributed by atoms with E-state index in [9.17, 15) is 4.79 Å². The highest BCUT2D eigenvalue weighted by Crippen LogP contribution is 2.34. The third-order valence-electron chi connectivity index (χ3n) is 6.56. The average molecular weight is 408 g/mol. The third-order valence-corrected chi connectivity index (χ3v) is 6.56. The molecule has 0 aromatic heterocycles. The van der Waals surface area contributed by atoms with Gasteiger partial charge in [-0.2, -0.15) is 0 Å². The second kappa shape index (κ2) is 9.63. The minimum atomic E-state index is -0.0256. The van der Waals surface area contributed by atoms with Gasteiger partial charge in [0.1, 0.15) is 0 Å². The van der Waals surface area contributed by atoms with Crippen molar-refractivity contribution in [1.29, 1.82) is 0 Å². The highest BCUT2D eigenvalue weighted by atomic mass is 16.5. The molecule has 0 spiro atoms. The maximum Gasteiger partial charge on any atom is 0.317 e. The lowest BCUT2D eigenvalue weighted by molar-refractivity contribution is 0.0497. The molecular formula is C25H33N3O2. The van der Waals surface area contributed by atoms with Crippen LogP contribution in [0.25, 0.3) is 0 Å². The summed E-state index contributed by atoms with van der Waals surface area (Å²) < 4.78 is 5.61. The van der Waals surface area contributed by atoms with E-state index in [0.29, 0.717) is 6.54 Å². The molecule has 4 rings (SSSR count). The fourth-order valence-corrected chi connectivity index (χ4v) is 4.66. The van der Waals surface area contributed by atoms with Gasteiger partial charge < -0.3 is 15.0 Å². The van der Waals surface area contributed by atoms with Crippen LogP contribution in [0.1, 0.15) is 29.5 Å². The number of hydrogen-bond acceptors (Lipinski definition) is 3. The summed E-state index contributed by atoms with van der Waals surface area (Å²) in [7, 11) is 0. The molecule has 2 fully saturated rings. The molecule has 2 aromatic carbocycles. The number of piperazine rings is 1. The van der Waals surface area contributed by atoms with Crippen molar-refractivity contribution >= 4 is 6.03 Å². The number of carbonyl (C=O) groups is 1. The quantitative estimate of drug-likeness (QED) is 0.824. The molecule has 5 nitrogen and oxygen atoms in total. The van der Waals surface area contributed by atoms with Crippen molar-refractivity contribution in [3.05, 3.63) is 71.3 Å². The van der Waals surface area contributed by atoms with E-state index in [-0.39, 0.29) is 11.4 Å². The molecule has 160 valence electrons. The first-order chi connectivity index (χ1) is 14.6. The average Bonchev–Trinajstić information content (AvgIpc) is 2.79. The van der Waals surface area contributed by atoms with Crippen molar-refractivity contribution in [2.24, 2.45) is 0 Å². The summed E-state index contributed by atoms with van der Waals surface area (Å²) in [5, 5.41) is 3.25. The lowest BCUT2D eigenvalue weighted by Gasteiger charge is -2.39. The molecule has 0 aliphatic carbocycles. The van der Waals surface area contributed by atoms with Crippen molar-refractivity contribution in [2.45, 2.75) is 31.7 Å². The molecular weight excluding hydrogens is 374 g/mol. The van der Waals surface area contributed by atoms with Crippen LogP contribution < -0.4 is 5.32 Å². The Kier molecular flexibility index (Phi) is 6.70. The Morgan fingerprint density at radius 2 is 1.73 bits per heavy atom. The van der Waals surface area contributed by atoms with Crippen molar-refractivity contribution in [1.82, 2.24) is 15.1 Å². The molecule has 2 heterocycles. The summed E-state index contributed by atoms with van der Waals surface area (Å²) in [6.07, 6.45) is 1.89. The number of urea groups is 1. The zero-order valence-corrected chi connectivity index (χ0v) is 18.0. The zero-order chi connectivity index (χ0) is 20.8. The fraction of sp³-hybridized carbons (Fsp3) is 0.480. The molecule has 0 atom stereocenters. The molecule has 1 N–H and O–H groups in total. The van der Waals surface area contributed by atoms with E-state index in [1.165, 1.54) is 16.7 Å². The molecule has 0 unspecified atom stereocenters. The number of rotatable bonds is 5. The molecule has 0 radical (unpaired) electrons. The highest BCUT2D eigenvalue weighted by Gasteiger charge is 2.35. The molecule has 0 bridgehead atoms. The molecule has 30 heavy (non-hydrogen) atoms. The van der Waals surface area contributed by atoms with Crippen LogP contribution in [0, 0.1) is 6.92 Å². The van der Waals surface area contributed by atoms with E-state index in [1.54, 1.807) is 0 Å². The number of benzene rings is 2. The number of carbonyl (C=O) groups excluding carboxylic acids is 1. The Morgan fingerprint density at radius 3 is 2.43 bits per heavy atom. The van der Waals surface area contributed by atoms with Crippen LogP contribution in [0.3, 0.4) is 0 Å².